The lowest BCUT2D eigenvalue weighted by Crippen LogP contribution is -2.35. The molecule has 0 saturated heterocycles. The average molecular weight is 573 g/mol. The number of aryl methyl sites for hydroxylation is 1. The summed E-state index contributed by atoms with van der Waals surface area (Å²) in [5.74, 6) is 0.0108. The molecular weight excluding hydrogens is 531 g/mol. The van der Waals surface area contributed by atoms with Gasteiger partial charge in [-0.05, 0) is 99.6 Å². The fraction of sp³-hybridized carbons (Fsp3) is 0.486. The summed E-state index contributed by atoms with van der Waals surface area (Å²) in [5, 5.41) is 10.5. The van der Waals surface area contributed by atoms with Gasteiger partial charge in [-0.15, -0.1) is 0 Å². The number of benzene rings is 2. The van der Waals surface area contributed by atoms with Crippen molar-refractivity contribution in [3.63, 3.8) is 0 Å². The Balaban J connectivity index is 1.46. The zero-order chi connectivity index (χ0) is 29.8. The molecule has 6 nitrogen and oxygen atoms in total. The van der Waals surface area contributed by atoms with Gasteiger partial charge in [0.15, 0.2) is 17.7 Å². The SMILES string of the molecule is Cc1nc2c(c(-c3cc(F)c4c(c3C)CCCO4)c1[C@H](OC(C)(C)C)C(=O)O)CN(C[C@H]1C[C@H]1c1ccccc1)CC2. The summed E-state index contributed by atoms with van der Waals surface area (Å²) in [6, 6.07) is 12.2. The van der Waals surface area contributed by atoms with Crippen molar-refractivity contribution >= 4 is 5.97 Å². The number of carboxylic acids is 1. The third-order valence-electron chi connectivity index (χ3n) is 8.96. The molecule has 0 radical (unpaired) electrons. The maximum atomic E-state index is 15.7. The molecule has 0 unspecified atom stereocenters. The molecule has 1 saturated carbocycles. The number of carbonyl (C=O) groups is 1. The lowest BCUT2D eigenvalue weighted by atomic mass is 9.83. The predicted molar refractivity (Wildman–Crippen MR) is 160 cm³/mol. The number of hydrogen-bond donors (Lipinski definition) is 1. The summed E-state index contributed by atoms with van der Waals surface area (Å²) in [6.45, 7) is 12.4. The molecule has 1 aromatic heterocycles. The quantitative estimate of drug-likeness (QED) is 0.331. The maximum absolute atomic E-state index is 15.7. The van der Waals surface area contributed by atoms with Gasteiger partial charge in [-0.25, -0.2) is 9.18 Å². The van der Waals surface area contributed by atoms with Crippen LogP contribution in [0.3, 0.4) is 0 Å². The van der Waals surface area contributed by atoms with E-state index in [4.69, 9.17) is 14.5 Å². The van der Waals surface area contributed by atoms with Crippen LogP contribution < -0.4 is 4.74 Å². The molecule has 1 N–H and O–H groups in total. The van der Waals surface area contributed by atoms with Crippen molar-refractivity contribution in [3.05, 3.63) is 81.4 Å². The molecule has 2 aliphatic heterocycles. The highest BCUT2D eigenvalue weighted by Crippen LogP contribution is 2.49. The average Bonchev–Trinajstić information content (AvgIpc) is 3.72. The second-order valence-electron chi connectivity index (χ2n) is 13.1. The second-order valence-corrected chi connectivity index (χ2v) is 13.1. The van der Waals surface area contributed by atoms with Crippen LogP contribution >= 0.6 is 0 Å². The van der Waals surface area contributed by atoms with E-state index < -0.39 is 23.5 Å². The van der Waals surface area contributed by atoms with Gasteiger partial charge in [0.25, 0.3) is 0 Å². The second kappa shape index (κ2) is 11.1. The minimum absolute atomic E-state index is 0.326. The van der Waals surface area contributed by atoms with Crippen molar-refractivity contribution in [2.24, 2.45) is 5.92 Å². The molecule has 3 aliphatic rings. The van der Waals surface area contributed by atoms with Crippen molar-refractivity contribution in [2.75, 3.05) is 19.7 Å². The highest BCUT2D eigenvalue weighted by atomic mass is 19.1. The first-order valence-electron chi connectivity index (χ1n) is 15.2. The van der Waals surface area contributed by atoms with Crippen LogP contribution in [-0.2, 0) is 28.9 Å². The molecule has 1 aliphatic carbocycles. The zero-order valence-electron chi connectivity index (χ0n) is 25.3. The van der Waals surface area contributed by atoms with E-state index in [1.807, 2.05) is 34.6 Å². The number of pyridine rings is 1. The van der Waals surface area contributed by atoms with Crippen LogP contribution in [0.1, 0.15) is 84.8 Å². The number of ether oxygens (including phenoxy) is 2. The molecule has 6 rings (SSSR count). The molecule has 0 bridgehead atoms. The Kier molecular flexibility index (Phi) is 7.60. The van der Waals surface area contributed by atoms with Crippen LogP contribution in [0.5, 0.6) is 5.75 Å². The first kappa shape index (κ1) is 28.8. The van der Waals surface area contributed by atoms with Gasteiger partial charge in [0.05, 0.1) is 12.2 Å². The smallest absolute Gasteiger partial charge is 0.337 e. The monoisotopic (exact) mass is 572 g/mol. The molecule has 3 aromatic rings. The van der Waals surface area contributed by atoms with Crippen LogP contribution in [0.2, 0.25) is 0 Å². The van der Waals surface area contributed by atoms with E-state index >= 15 is 4.39 Å². The van der Waals surface area contributed by atoms with Crippen LogP contribution in [0.4, 0.5) is 4.39 Å². The first-order valence-corrected chi connectivity index (χ1v) is 15.2. The summed E-state index contributed by atoms with van der Waals surface area (Å²) < 4.78 is 27.6. The lowest BCUT2D eigenvalue weighted by molar-refractivity contribution is -0.160. The van der Waals surface area contributed by atoms with E-state index in [9.17, 15) is 9.90 Å². The van der Waals surface area contributed by atoms with Crippen LogP contribution in [0.15, 0.2) is 36.4 Å². The van der Waals surface area contributed by atoms with E-state index in [1.165, 1.54) is 12.0 Å². The molecule has 2 aromatic carbocycles. The van der Waals surface area contributed by atoms with Gasteiger partial charge >= 0.3 is 5.97 Å². The minimum atomic E-state index is -1.24. The zero-order valence-corrected chi connectivity index (χ0v) is 25.3. The van der Waals surface area contributed by atoms with Crippen LogP contribution in [0, 0.1) is 25.6 Å². The Morgan fingerprint density at radius 2 is 1.95 bits per heavy atom. The number of carboxylic acid groups (broad SMARTS) is 1. The van der Waals surface area contributed by atoms with Crippen molar-refractivity contribution < 1.29 is 23.8 Å². The molecule has 0 spiro atoms. The van der Waals surface area contributed by atoms with E-state index in [-0.39, 0.29) is 0 Å². The summed E-state index contributed by atoms with van der Waals surface area (Å²) in [7, 11) is 0. The van der Waals surface area contributed by atoms with Gasteiger partial charge in [-0.3, -0.25) is 9.88 Å². The number of hydrogen-bond acceptors (Lipinski definition) is 5. The van der Waals surface area contributed by atoms with E-state index in [2.05, 4.69) is 35.2 Å². The van der Waals surface area contributed by atoms with Gasteiger partial charge in [-0.1, -0.05) is 30.3 Å². The normalized spacial score (nSPS) is 20.8. The minimum Gasteiger partial charge on any atom is -0.490 e. The molecular formula is C35H41FN2O4. The molecule has 7 heteroatoms. The molecule has 42 heavy (non-hydrogen) atoms. The Morgan fingerprint density at radius 1 is 1.19 bits per heavy atom. The number of aliphatic carboxylic acids is 1. The first-order chi connectivity index (χ1) is 20.0. The number of nitrogens with zero attached hydrogens (tertiary/aromatic N) is 2. The number of fused-ring (bicyclic) bond motifs is 2. The van der Waals surface area contributed by atoms with Crippen molar-refractivity contribution in [3.8, 4) is 16.9 Å². The highest BCUT2D eigenvalue weighted by molar-refractivity contribution is 5.84. The number of halogens is 1. The Bertz CT molecular complexity index is 1510. The fourth-order valence-electron chi connectivity index (χ4n) is 6.94. The third kappa shape index (κ3) is 5.57. The Morgan fingerprint density at radius 3 is 2.67 bits per heavy atom. The molecule has 222 valence electrons. The topological polar surface area (TPSA) is 71.9 Å². The Labute approximate surface area is 247 Å². The van der Waals surface area contributed by atoms with Gasteiger partial charge in [0.1, 0.15) is 0 Å². The number of aromatic nitrogens is 1. The molecule has 3 atom stereocenters. The van der Waals surface area contributed by atoms with Gasteiger partial charge in [0.2, 0.25) is 0 Å². The van der Waals surface area contributed by atoms with E-state index in [0.717, 1.165) is 60.3 Å². The Hall–Kier alpha value is -3.29. The molecule has 1 fully saturated rings. The lowest BCUT2D eigenvalue weighted by Gasteiger charge is -2.34. The number of rotatable bonds is 7. The predicted octanol–water partition coefficient (Wildman–Crippen LogP) is 6.93. The van der Waals surface area contributed by atoms with Crippen molar-refractivity contribution in [1.82, 2.24) is 9.88 Å². The van der Waals surface area contributed by atoms with Crippen LogP contribution in [0.25, 0.3) is 11.1 Å². The third-order valence-corrected chi connectivity index (χ3v) is 8.96. The van der Waals surface area contributed by atoms with Gasteiger partial charge in [-0.2, -0.15) is 0 Å². The van der Waals surface area contributed by atoms with Crippen molar-refractivity contribution in [1.29, 1.82) is 0 Å². The van der Waals surface area contributed by atoms with E-state index in [0.29, 0.717) is 47.6 Å². The fourth-order valence-corrected chi connectivity index (χ4v) is 6.94. The van der Waals surface area contributed by atoms with Gasteiger partial charge < -0.3 is 14.6 Å². The summed E-state index contributed by atoms with van der Waals surface area (Å²) in [5.41, 5.74) is 7.05. The molecule has 0 amide bonds. The highest BCUT2D eigenvalue weighted by Gasteiger charge is 2.41. The van der Waals surface area contributed by atoms with Crippen molar-refractivity contribution in [2.45, 2.75) is 84.5 Å². The summed E-state index contributed by atoms with van der Waals surface area (Å²) in [6.07, 6.45) is 2.24. The van der Waals surface area contributed by atoms with E-state index in [1.54, 1.807) is 6.07 Å². The summed E-state index contributed by atoms with van der Waals surface area (Å²) in [4.78, 5) is 20.2. The van der Waals surface area contributed by atoms with Gasteiger partial charge in [0, 0.05) is 48.6 Å². The van der Waals surface area contributed by atoms with Crippen LogP contribution in [-0.4, -0.2) is 46.3 Å². The summed E-state index contributed by atoms with van der Waals surface area (Å²) >= 11 is 0. The maximum Gasteiger partial charge on any atom is 0.337 e. The molecule has 3 heterocycles. The standard InChI is InChI=1S/C35H41FN2O4/c1-20-24-12-9-15-41-32(24)28(36)17-25(20)31-27-19-38(18-23-16-26(23)22-10-7-6-8-11-22)14-13-29(27)37-21(2)30(31)33(34(39)40)42-35(3,4)5/h6-8,10-11,17,23,26,33H,9,12-16,18-19H2,1-5H3,(H,39,40)/t23-,26+,33+/m1/s1. The largest absolute Gasteiger partial charge is 0.490 e.